The van der Waals surface area contributed by atoms with Crippen molar-refractivity contribution >= 4 is 11.5 Å². The first-order valence-corrected chi connectivity index (χ1v) is 7.65. The number of hydrogen-bond acceptors (Lipinski definition) is 3. The van der Waals surface area contributed by atoms with Crippen molar-refractivity contribution in [3.8, 4) is 0 Å². The van der Waals surface area contributed by atoms with Gasteiger partial charge in [0.25, 0.3) is 0 Å². The molecule has 0 aliphatic carbocycles. The maximum absolute atomic E-state index is 6.37. The zero-order chi connectivity index (χ0) is 14.0. The van der Waals surface area contributed by atoms with Crippen LogP contribution in [0.5, 0.6) is 0 Å². The standard InChI is InChI=1S/C15H28N4/c1-5-8-12-9-6-7-10-19(12)15-13(16)14(11(2)3)17-18(15)4/h11-12H,5-10,16H2,1-4H3. The number of nitrogen functional groups attached to an aromatic ring is 1. The molecular formula is C15H28N4. The quantitative estimate of drug-likeness (QED) is 0.907. The predicted molar refractivity (Wildman–Crippen MR) is 81.6 cm³/mol. The van der Waals surface area contributed by atoms with Crippen LogP contribution in [-0.4, -0.2) is 22.4 Å². The average Bonchev–Trinajstić information content (AvgIpc) is 2.66. The minimum atomic E-state index is 0.384. The summed E-state index contributed by atoms with van der Waals surface area (Å²) in [5.41, 5.74) is 8.30. The predicted octanol–water partition coefficient (Wildman–Crippen LogP) is 3.28. The molecule has 0 saturated carbocycles. The van der Waals surface area contributed by atoms with Crippen molar-refractivity contribution in [2.75, 3.05) is 17.2 Å². The molecule has 0 spiro atoms. The molecule has 1 fully saturated rings. The summed E-state index contributed by atoms with van der Waals surface area (Å²) in [6.07, 6.45) is 6.38. The van der Waals surface area contributed by atoms with Gasteiger partial charge in [0.2, 0.25) is 0 Å². The molecule has 2 heterocycles. The summed E-state index contributed by atoms with van der Waals surface area (Å²) in [6.45, 7) is 7.69. The van der Waals surface area contributed by atoms with Crippen molar-refractivity contribution in [3.05, 3.63) is 5.69 Å². The van der Waals surface area contributed by atoms with Crippen molar-refractivity contribution in [1.29, 1.82) is 0 Å². The van der Waals surface area contributed by atoms with Crippen LogP contribution in [0.4, 0.5) is 11.5 Å². The Morgan fingerprint density at radius 1 is 1.37 bits per heavy atom. The maximum atomic E-state index is 6.37. The first-order chi connectivity index (χ1) is 9.06. The van der Waals surface area contributed by atoms with Gasteiger partial charge in [-0.1, -0.05) is 27.2 Å². The zero-order valence-electron chi connectivity index (χ0n) is 12.8. The molecule has 0 radical (unpaired) electrons. The van der Waals surface area contributed by atoms with E-state index in [-0.39, 0.29) is 0 Å². The highest BCUT2D eigenvalue weighted by Crippen LogP contribution is 2.35. The van der Waals surface area contributed by atoms with Crippen molar-refractivity contribution in [3.63, 3.8) is 0 Å². The molecule has 1 saturated heterocycles. The number of nitrogens with zero attached hydrogens (tertiary/aromatic N) is 3. The molecule has 4 heteroatoms. The van der Waals surface area contributed by atoms with E-state index in [1.807, 2.05) is 11.7 Å². The van der Waals surface area contributed by atoms with Gasteiger partial charge in [-0.3, -0.25) is 4.68 Å². The van der Waals surface area contributed by atoms with Gasteiger partial charge in [0.05, 0.1) is 11.4 Å². The topological polar surface area (TPSA) is 47.1 Å². The van der Waals surface area contributed by atoms with E-state index in [9.17, 15) is 0 Å². The van der Waals surface area contributed by atoms with E-state index in [1.165, 1.54) is 32.1 Å². The molecular weight excluding hydrogens is 236 g/mol. The van der Waals surface area contributed by atoms with Gasteiger partial charge in [0.15, 0.2) is 5.82 Å². The first-order valence-electron chi connectivity index (χ1n) is 7.65. The van der Waals surface area contributed by atoms with E-state index >= 15 is 0 Å². The second kappa shape index (κ2) is 5.85. The molecule has 0 amide bonds. The number of aromatic nitrogens is 2. The van der Waals surface area contributed by atoms with Crippen LogP contribution in [0.1, 0.15) is 64.5 Å². The highest BCUT2D eigenvalue weighted by atomic mass is 15.4. The van der Waals surface area contributed by atoms with Gasteiger partial charge in [-0.15, -0.1) is 0 Å². The van der Waals surface area contributed by atoms with Gasteiger partial charge in [-0.2, -0.15) is 5.10 Å². The molecule has 0 aromatic carbocycles. The van der Waals surface area contributed by atoms with E-state index in [0.717, 1.165) is 23.7 Å². The second-order valence-electron chi connectivity index (χ2n) is 6.03. The summed E-state index contributed by atoms with van der Waals surface area (Å²) in [4.78, 5) is 2.50. The summed E-state index contributed by atoms with van der Waals surface area (Å²) in [5, 5.41) is 4.63. The van der Waals surface area contributed by atoms with E-state index < -0.39 is 0 Å². The molecule has 0 bridgehead atoms. The van der Waals surface area contributed by atoms with Gasteiger partial charge in [0, 0.05) is 19.6 Å². The molecule has 1 unspecified atom stereocenters. The van der Waals surface area contributed by atoms with E-state index in [0.29, 0.717) is 12.0 Å². The summed E-state index contributed by atoms with van der Waals surface area (Å²) < 4.78 is 1.98. The maximum Gasteiger partial charge on any atom is 0.150 e. The number of piperidine rings is 1. The lowest BCUT2D eigenvalue weighted by molar-refractivity contribution is 0.427. The lowest BCUT2D eigenvalue weighted by Crippen LogP contribution is -2.41. The van der Waals surface area contributed by atoms with Crippen LogP contribution in [0.3, 0.4) is 0 Å². The zero-order valence-corrected chi connectivity index (χ0v) is 12.8. The lowest BCUT2D eigenvalue weighted by atomic mass is 9.98. The Morgan fingerprint density at radius 3 is 2.68 bits per heavy atom. The van der Waals surface area contributed by atoms with Crippen LogP contribution < -0.4 is 10.6 Å². The van der Waals surface area contributed by atoms with Crippen molar-refractivity contribution < 1.29 is 0 Å². The highest BCUT2D eigenvalue weighted by molar-refractivity contribution is 5.67. The van der Waals surface area contributed by atoms with Gasteiger partial charge in [-0.05, 0) is 31.6 Å². The van der Waals surface area contributed by atoms with Crippen molar-refractivity contribution in [2.24, 2.45) is 7.05 Å². The molecule has 2 N–H and O–H groups in total. The fourth-order valence-electron chi connectivity index (χ4n) is 3.23. The number of rotatable bonds is 4. The lowest BCUT2D eigenvalue weighted by Gasteiger charge is -2.37. The summed E-state index contributed by atoms with van der Waals surface area (Å²) in [7, 11) is 2.02. The summed E-state index contributed by atoms with van der Waals surface area (Å²) >= 11 is 0. The van der Waals surface area contributed by atoms with Crippen LogP contribution in [-0.2, 0) is 7.05 Å². The largest absolute Gasteiger partial charge is 0.394 e. The SMILES string of the molecule is CCCC1CCCCN1c1c(N)c(C(C)C)nn1C. The van der Waals surface area contributed by atoms with E-state index in [1.54, 1.807) is 0 Å². The van der Waals surface area contributed by atoms with Crippen LogP contribution in [0.25, 0.3) is 0 Å². The number of aryl methyl sites for hydroxylation is 1. The Balaban J connectivity index is 2.33. The number of hydrogen-bond donors (Lipinski definition) is 1. The first kappa shape index (κ1) is 14.2. The summed E-state index contributed by atoms with van der Waals surface area (Å²) in [5.74, 6) is 1.52. The van der Waals surface area contributed by atoms with Gasteiger partial charge in [0.1, 0.15) is 0 Å². The molecule has 1 aliphatic heterocycles. The van der Waals surface area contributed by atoms with E-state index in [4.69, 9.17) is 5.73 Å². The Kier molecular flexibility index (Phi) is 4.38. The Bertz CT molecular complexity index is 420. The van der Waals surface area contributed by atoms with Crippen molar-refractivity contribution in [2.45, 2.75) is 64.8 Å². The molecule has 1 aliphatic rings. The fraction of sp³-hybridized carbons (Fsp3) is 0.800. The minimum Gasteiger partial charge on any atom is -0.394 e. The van der Waals surface area contributed by atoms with Gasteiger partial charge < -0.3 is 10.6 Å². The monoisotopic (exact) mass is 264 g/mol. The van der Waals surface area contributed by atoms with Crippen molar-refractivity contribution in [1.82, 2.24) is 9.78 Å². The average molecular weight is 264 g/mol. The van der Waals surface area contributed by atoms with Crippen LogP contribution in [0.2, 0.25) is 0 Å². The van der Waals surface area contributed by atoms with Gasteiger partial charge >= 0.3 is 0 Å². The molecule has 1 atom stereocenters. The highest BCUT2D eigenvalue weighted by Gasteiger charge is 2.28. The minimum absolute atomic E-state index is 0.384. The van der Waals surface area contributed by atoms with Crippen LogP contribution >= 0.6 is 0 Å². The Labute approximate surface area is 117 Å². The third kappa shape index (κ3) is 2.72. The molecule has 1 aromatic rings. The van der Waals surface area contributed by atoms with Gasteiger partial charge in [-0.25, -0.2) is 0 Å². The van der Waals surface area contributed by atoms with Crippen LogP contribution in [0, 0.1) is 0 Å². The third-order valence-electron chi connectivity index (χ3n) is 4.15. The normalized spacial score (nSPS) is 20.3. The molecule has 1 aromatic heterocycles. The Morgan fingerprint density at radius 2 is 2.11 bits per heavy atom. The molecule has 2 rings (SSSR count). The van der Waals surface area contributed by atoms with Crippen LogP contribution in [0.15, 0.2) is 0 Å². The molecule has 19 heavy (non-hydrogen) atoms. The van der Waals surface area contributed by atoms with E-state index in [2.05, 4.69) is 30.8 Å². The third-order valence-corrected chi connectivity index (χ3v) is 4.15. The molecule has 108 valence electrons. The second-order valence-corrected chi connectivity index (χ2v) is 6.03. The smallest absolute Gasteiger partial charge is 0.150 e. The number of anilines is 2. The Hall–Kier alpha value is -1.19. The summed E-state index contributed by atoms with van der Waals surface area (Å²) in [6, 6.07) is 0.636. The molecule has 4 nitrogen and oxygen atoms in total. The number of nitrogens with two attached hydrogens (primary N) is 1. The fourth-order valence-corrected chi connectivity index (χ4v) is 3.23.